The predicted octanol–water partition coefficient (Wildman–Crippen LogP) is 24.1. The molecule has 16 aromatic carbocycles. The quantitative estimate of drug-likeness (QED) is 0.149. The highest BCUT2D eigenvalue weighted by Crippen LogP contribution is 2.49. The van der Waals surface area contributed by atoms with Crippen LogP contribution in [0.25, 0.3) is 186 Å². The Morgan fingerprint density at radius 3 is 1.10 bits per heavy atom. The van der Waals surface area contributed by atoms with Crippen LogP contribution in [0.5, 0.6) is 0 Å². The average molecular weight is 1090 g/mol. The van der Waals surface area contributed by atoms with Gasteiger partial charge in [-0.05, 0) is 173 Å². The molecule has 0 N–H and O–H groups in total. The molecule has 398 valence electrons. The van der Waals surface area contributed by atoms with Crippen LogP contribution in [0.2, 0.25) is 0 Å². The zero-order valence-corrected chi connectivity index (χ0v) is 46.7. The summed E-state index contributed by atoms with van der Waals surface area (Å²) in [6.07, 6.45) is 0. The van der Waals surface area contributed by atoms with Crippen molar-refractivity contribution in [2.75, 3.05) is 0 Å². The first-order valence-electron chi connectivity index (χ1n) is 29.6. The maximum absolute atomic E-state index is 6.93. The maximum atomic E-state index is 6.93. The lowest BCUT2D eigenvalue weighted by Gasteiger charge is -2.19. The molecule has 0 atom stereocenters. The highest BCUT2D eigenvalue weighted by molar-refractivity contribution is 6.25. The summed E-state index contributed by atoms with van der Waals surface area (Å²) in [5.74, 6) is 0. The normalized spacial score (nSPS) is 12.0. The Morgan fingerprint density at radius 2 is 0.535 bits per heavy atom. The van der Waals surface area contributed by atoms with E-state index in [9.17, 15) is 0 Å². The van der Waals surface area contributed by atoms with Crippen LogP contribution >= 0.6 is 0 Å². The van der Waals surface area contributed by atoms with Gasteiger partial charge < -0.3 is 8.83 Å². The van der Waals surface area contributed by atoms with Crippen molar-refractivity contribution in [3.8, 4) is 77.9 Å². The molecule has 18 rings (SSSR count). The summed E-state index contributed by atoms with van der Waals surface area (Å²) in [4.78, 5) is 0. The molecule has 2 aromatic heterocycles. The first kappa shape index (κ1) is 48.2. The van der Waals surface area contributed by atoms with Crippen LogP contribution in [0.4, 0.5) is 0 Å². The van der Waals surface area contributed by atoms with Crippen LogP contribution in [0.15, 0.2) is 312 Å². The summed E-state index contributed by atoms with van der Waals surface area (Å²) < 4.78 is 13.2. The summed E-state index contributed by atoms with van der Waals surface area (Å²) >= 11 is 0. The van der Waals surface area contributed by atoms with Crippen LogP contribution in [-0.4, -0.2) is 0 Å². The molecule has 0 saturated carbocycles. The molecule has 0 unspecified atom stereocenters. The van der Waals surface area contributed by atoms with Gasteiger partial charge in [0.2, 0.25) is 0 Å². The lowest BCUT2D eigenvalue weighted by molar-refractivity contribution is 0.669. The zero-order valence-electron chi connectivity index (χ0n) is 46.7. The summed E-state index contributed by atoms with van der Waals surface area (Å²) in [5.41, 5.74) is 20.2. The number of hydrogen-bond donors (Lipinski definition) is 0. The van der Waals surface area contributed by atoms with Crippen molar-refractivity contribution in [3.05, 3.63) is 303 Å². The van der Waals surface area contributed by atoms with Crippen LogP contribution in [0, 0.1) is 0 Å². The van der Waals surface area contributed by atoms with Gasteiger partial charge in [0, 0.05) is 27.1 Å². The molecule has 2 heterocycles. The van der Waals surface area contributed by atoms with Gasteiger partial charge in [-0.25, -0.2) is 0 Å². The molecule has 0 saturated heterocycles. The van der Waals surface area contributed by atoms with Crippen molar-refractivity contribution in [1.82, 2.24) is 0 Å². The molecular formula is C84H50O2. The molecule has 0 fully saturated rings. The van der Waals surface area contributed by atoms with Gasteiger partial charge >= 0.3 is 0 Å². The molecule has 0 aliphatic heterocycles. The van der Waals surface area contributed by atoms with Gasteiger partial charge in [-0.3, -0.25) is 0 Å². The molecule has 86 heavy (non-hydrogen) atoms. The van der Waals surface area contributed by atoms with Gasteiger partial charge in [-0.15, -0.1) is 0 Å². The van der Waals surface area contributed by atoms with E-state index in [0.717, 1.165) is 71.7 Å². The van der Waals surface area contributed by atoms with Crippen molar-refractivity contribution < 1.29 is 8.83 Å². The minimum Gasteiger partial charge on any atom is -0.456 e. The Bertz CT molecular complexity index is 5700. The van der Waals surface area contributed by atoms with Gasteiger partial charge in [-0.1, -0.05) is 267 Å². The third kappa shape index (κ3) is 7.40. The summed E-state index contributed by atoms with van der Waals surface area (Å²) in [6, 6.07) is 111. The van der Waals surface area contributed by atoms with E-state index >= 15 is 0 Å². The highest BCUT2D eigenvalue weighted by Gasteiger charge is 2.23. The van der Waals surface area contributed by atoms with Crippen LogP contribution in [-0.2, 0) is 0 Å². The molecule has 2 heteroatoms. The molecule has 18 aromatic rings. The Morgan fingerprint density at radius 1 is 0.174 bits per heavy atom. The van der Waals surface area contributed by atoms with Gasteiger partial charge in [-0.2, -0.15) is 0 Å². The standard InChI is InChI=1S/C84H50O2/c1-2-19-60-51(17-1)18-15-31-64(60)81-71-26-9-7-24-69(71)79(70-25-8-10-27-72(70)81)55-41-37-53(38-42-55)62-47-48-63(84-83(62)74-29-12-14-33-76(74)86-84)58-45-43-57-50-59(46-44-56(57)49-58)80-67-22-5-3-20-65(67)78(66-21-4-6-23-68(66)80)54-39-35-52(36-40-54)61-30-16-34-77-82(61)73-28-11-13-32-75(73)85-77/h1-50H. The lowest BCUT2D eigenvalue weighted by Crippen LogP contribution is -1.92. The van der Waals surface area contributed by atoms with E-state index in [1.165, 1.54) is 115 Å². The number of benzene rings is 16. The van der Waals surface area contributed by atoms with Gasteiger partial charge in [0.1, 0.15) is 22.3 Å². The molecule has 0 spiro atoms. The van der Waals surface area contributed by atoms with Gasteiger partial charge in [0.25, 0.3) is 0 Å². The maximum Gasteiger partial charge on any atom is 0.143 e. The molecule has 0 radical (unpaired) electrons. The van der Waals surface area contributed by atoms with Crippen LogP contribution in [0.1, 0.15) is 0 Å². The van der Waals surface area contributed by atoms with E-state index in [0.29, 0.717) is 0 Å². The number of hydrogen-bond acceptors (Lipinski definition) is 2. The topological polar surface area (TPSA) is 26.3 Å². The third-order valence-electron chi connectivity index (χ3n) is 18.3. The highest BCUT2D eigenvalue weighted by atomic mass is 16.3. The molecule has 0 bridgehead atoms. The predicted molar refractivity (Wildman–Crippen MR) is 364 cm³/mol. The van der Waals surface area contributed by atoms with Crippen LogP contribution in [0.3, 0.4) is 0 Å². The Hall–Kier alpha value is -11.3. The number of para-hydroxylation sites is 2. The Kier molecular flexibility index (Phi) is 10.7. The monoisotopic (exact) mass is 1090 g/mol. The smallest absolute Gasteiger partial charge is 0.143 e. The number of rotatable bonds is 7. The molecule has 0 amide bonds. The Labute approximate surface area is 495 Å². The van der Waals surface area contributed by atoms with E-state index in [2.05, 4.69) is 291 Å². The van der Waals surface area contributed by atoms with Crippen molar-refractivity contribution in [2.24, 2.45) is 0 Å². The summed E-state index contributed by atoms with van der Waals surface area (Å²) in [7, 11) is 0. The van der Waals surface area contributed by atoms with Crippen LogP contribution < -0.4 is 0 Å². The zero-order chi connectivity index (χ0) is 56.4. The van der Waals surface area contributed by atoms with Crippen molar-refractivity contribution in [1.29, 1.82) is 0 Å². The fourth-order valence-electron chi connectivity index (χ4n) is 14.4. The van der Waals surface area contributed by atoms with Gasteiger partial charge in [0.15, 0.2) is 0 Å². The van der Waals surface area contributed by atoms with Crippen molar-refractivity contribution >= 4 is 109 Å². The minimum absolute atomic E-state index is 0.877. The van der Waals surface area contributed by atoms with E-state index in [1.54, 1.807) is 0 Å². The van der Waals surface area contributed by atoms with Crippen molar-refractivity contribution in [3.63, 3.8) is 0 Å². The van der Waals surface area contributed by atoms with E-state index in [1.807, 2.05) is 12.1 Å². The fourth-order valence-corrected chi connectivity index (χ4v) is 14.4. The first-order chi connectivity index (χ1) is 42.7. The second kappa shape index (κ2) is 19.1. The van der Waals surface area contributed by atoms with E-state index in [4.69, 9.17) is 8.83 Å². The molecule has 2 nitrogen and oxygen atoms in total. The second-order valence-electron chi connectivity index (χ2n) is 22.9. The van der Waals surface area contributed by atoms with E-state index in [-0.39, 0.29) is 0 Å². The number of fused-ring (bicyclic) bond motifs is 12. The van der Waals surface area contributed by atoms with Gasteiger partial charge in [0.05, 0.1) is 0 Å². The average Bonchev–Trinajstić information content (AvgIpc) is 1.25. The SMILES string of the molecule is c1ccc2c(-c3c4ccccc4c(-c4ccc(-c5ccc(-c6ccc7cc(-c8c9ccccc9c(-c9ccc(-c%10cccc%11oc%12ccccc%12c%10%11)cc9)c9ccccc89)ccc7c6)c6oc7ccccc7c56)cc4)c4ccccc34)cccc2c1. The molecule has 0 aliphatic rings. The lowest BCUT2D eigenvalue weighted by atomic mass is 9.84. The minimum atomic E-state index is 0.877. The van der Waals surface area contributed by atoms with E-state index < -0.39 is 0 Å². The fraction of sp³-hybridized carbons (Fsp3) is 0. The van der Waals surface area contributed by atoms with Crippen molar-refractivity contribution in [2.45, 2.75) is 0 Å². The second-order valence-corrected chi connectivity index (χ2v) is 22.9. The number of furan rings is 2. The summed E-state index contributed by atoms with van der Waals surface area (Å²) in [5, 5.41) is 19.3. The third-order valence-corrected chi connectivity index (χ3v) is 18.3. The molecular weight excluding hydrogens is 1040 g/mol. The summed E-state index contributed by atoms with van der Waals surface area (Å²) in [6.45, 7) is 0. The largest absolute Gasteiger partial charge is 0.456 e. The molecule has 0 aliphatic carbocycles. The Balaban J connectivity index is 0.713. The first-order valence-corrected chi connectivity index (χ1v) is 29.6.